The molecule has 0 unspecified atom stereocenters. The van der Waals surface area contributed by atoms with E-state index in [0.717, 1.165) is 0 Å². The van der Waals surface area contributed by atoms with Crippen molar-refractivity contribution in [2.24, 2.45) is 0 Å². The van der Waals surface area contributed by atoms with Crippen molar-refractivity contribution in [1.29, 1.82) is 0 Å². The molecule has 0 atom stereocenters. The van der Waals surface area contributed by atoms with Gasteiger partial charge in [-0.2, -0.15) is 0 Å². The largest absolute Gasteiger partial charge is 0.304 e. The van der Waals surface area contributed by atoms with Gasteiger partial charge in [-0.05, 0) is 39.9 Å². The van der Waals surface area contributed by atoms with Gasteiger partial charge in [0.15, 0.2) is 0 Å². The maximum atomic E-state index is 2.43. The second-order valence-corrected chi connectivity index (χ2v) is 2.84. The van der Waals surface area contributed by atoms with E-state index in [1.165, 1.54) is 26.1 Å². The van der Waals surface area contributed by atoms with E-state index < -0.39 is 0 Å². The van der Waals surface area contributed by atoms with Gasteiger partial charge in [-0.15, -0.1) is 0 Å². The fourth-order valence-corrected chi connectivity index (χ4v) is 0.920. The van der Waals surface area contributed by atoms with Crippen LogP contribution in [-0.4, -0.2) is 24.5 Å². The zero-order chi connectivity index (χ0) is 9.23. The molecule has 0 amide bonds. The molecule has 70 valence electrons. The number of hydrogen-bond acceptors (Lipinski definition) is 1. The van der Waals surface area contributed by atoms with Crippen LogP contribution in [0.1, 0.15) is 27.2 Å². The molecule has 0 aliphatic carbocycles. The lowest BCUT2D eigenvalue weighted by Crippen LogP contribution is -2.36. The van der Waals surface area contributed by atoms with Crippen molar-refractivity contribution in [3.8, 4) is 0 Å². The van der Waals surface area contributed by atoms with Crippen molar-refractivity contribution < 1.29 is 0 Å². The number of hydrogen-bond donors (Lipinski definition) is 0. The van der Waals surface area contributed by atoms with E-state index in [-0.39, 0.29) is 0 Å². The smallest absolute Gasteiger partial charge is 0.000665 e. The lowest BCUT2D eigenvalue weighted by molar-refractivity contribution is 0.192. The highest BCUT2D eigenvalue weighted by molar-refractivity contribution is 4.98. The van der Waals surface area contributed by atoms with Crippen molar-refractivity contribution in [1.82, 2.24) is 4.90 Å². The average Bonchev–Trinajstić information content (AvgIpc) is 2.00. The number of nitrogens with zero attached hydrogens (tertiary/aromatic N) is 1. The van der Waals surface area contributed by atoms with Crippen LogP contribution in [0.5, 0.6) is 0 Å². The summed E-state index contributed by atoms with van der Waals surface area (Å²) in [6.07, 6.45) is 9.42. The van der Waals surface area contributed by atoms with E-state index in [0.29, 0.717) is 0 Å². The monoisotopic (exact) mass is 167 g/mol. The molecule has 0 spiro atoms. The van der Waals surface area contributed by atoms with Crippen LogP contribution in [-0.2, 0) is 0 Å². The Bertz CT molecular complexity index is 119. The number of rotatable bonds is 2. The summed E-state index contributed by atoms with van der Waals surface area (Å²) in [6.45, 7) is 10.1. The fourth-order valence-electron chi connectivity index (χ4n) is 0.920. The molecule has 0 saturated carbocycles. The summed E-state index contributed by atoms with van der Waals surface area (Å²) in [5.74, 6) is 0. The molecule has 1 nitrogen and oxygen atoms in total. The Morgan fingerprint density at radius 2 is 1.58 bits per heavy atom. The Hall–Kier alpha value is -0.560. The zero-order valence-electron chi connectivity index (χ0n) is 8.59. The van der Waals surface area contributed by atoms with Crippen LogP contribution in [0.15, 0.2) is 24.3 Å². The van der Waals surface area contributed by atoms with E-state index in [9.17, 15) is 0 Å². The maximum Gasteiger partial charge on any atom is -0.000665 e. The summed E-state index contributed by atoms with van der Waals surface area (Å²) < 4.78 is 0. The SMILES string of the molecule is C/C=C\C=C/C.CCN1CCC1. The minimum atomic E-state index is 1.25. The molecule has 1 aliphatic rings. The molecule has 1 heterocycles. The van der Waals surface area contributed by atoms with E-state index in [2.05, 4.69) is 11.8 Å². The zero-order valence-corrected chi connectivity index (χ0v) is 8.59. The molecule has 1 fully saturated rings. The molecule has 12 heavy (non-hydrogen) atoms. The maximum absolute atomic E-state index is 2.43. The summed E-state index contributed by atoms with van der Waals surface area (Å²) in [5, 5.41) is 0. The van der Waals surface area contributed by atoms with Gasteiger partial charge < -0.3 is 4.90 Å². The molecule has 0 bridgehead atoms. The highest BCUT2D eigenvalue weighted by Crippen LogP contribution is 2.02. The number of allylic oxidation sites excluding steroid dienone is 4. The van der Waals surface area contributed by atoms with E-state index in [4.69, 9.17) is 0 Å². The summed E-state index contributed by atoms with van der Waals surface area (Å²) in [5.41, 5.74) is 0. The second kappa shape index (κ2) is 8.54. The Morgan fingerprint density at radius 1 is 1.08 bits per heavy atom. The van der Waals surface area contributed by atoms with Crippen LogP contribution in [0.4, 0.5) is 0 Å². The quantitative estimate of drug-likeness (QED) is 0.572. The van der Waals surface area contributed by atoms with Gasteiger partial charge in [0.25, 0.3) is 0 Å². The van der Waals surface area contributed by atoms with E-state index in [1.807, 2.05) is 38.2 Å². The van der Waals surface area contributed by atoms with Gasteiger partial charge in [-0.25, -0.2) is 0 Å². The van der Waals surface area contributed by atoms with Crippen molar-refractivity contribution in [3.05, 3.63) is 24.3 Å². The third-order valence-electron chi connectivity index (χ3n) is 1.89. The van der Waals surface area contributed by atoms with Gasteiger partial charge in [-0.3, -0.25) is 0 Å². The molecule has 1 rings (SSSR count). The van der Waals surface area contributed by atoms with Gasteiger partial charge in [0.2, 0.25) is 0 Å². The van der Waals surface area contributed by atoms with Crippen LogP contribution in [0, 0.1) is 0 Å². The first-order valence-electron chi connectivity index (χ1n) is 4.81. The Kier molecular flexibility index (Phi) is 8.14. The molecule has 0 aromatic heterocycles. The van der Waals surface area contributed by atoms with Crippen LogP contribution < -0.4 is 0 Å². The van der Waals surface area contributed by atoms with Gasteiger partial charge in [0, 0.05) is 0 Å². The van der Waals surface area contributed by atoms with Gasteiger partial charge >= 0.3 is 0 Å². The topological polar surface area (TPSA) is 3.24 Å². The van der Waals surface area contributed by atoms with Gasteiger partial charge in [-0.1, -0.05) is 31.2 Å². The third-order valence-corrected chi connectivity index (χ3v) is 1.89. The highest BCUT2D eigenvalue weighted by Gasteiger charge is 2.08. The standard InChI is InChI=1S/C6H10.C5H11N/c1-3-5-6-4-2;1-2-6-4-3-5-6/h3-6H,1-2H3;2-5H2,1H3/b5-3-,6-4-;. The lowest BCUT2D eigenvalue weighted by atomic mass is 10.2. The Balaban J connectivity index is 0.000000202. The van der Waals surface area contributed by atoms with Crippen LogP contribution in [0.3, 0.4) is 0 Å². The van der Waals surface area contributed by atoms with E-state index in [1.54, 1.807) is 0 Å². The minimum absolute atomic E-state index is 1.25. The fraction of sp³-hybridized carbons (Fsp3) is 0.636. The third kappa shape index (κ3) is 6.17. The van der Waals surface area contributed by atoms with Crippen molar-refractivity contribution in [3.63, 3.8) is 0 Å². The summed E-state index contributed by atoms with van der Waals surface area (Å²) in [7, 11) is 0. The summed E-state index contributed by atoms with van der Waals surface area (Å²) in [6, 6.07) is 0. The molecule has 0 N–H and O–H groups in total. The van der Waals surface area contributed by atoms with Crippen molar-refractivity contribution >= 4 is 0 Å². The van der Waals surface area contributed by atoms with Crippen LogP contribution in [0.25, 0.3) is 0 Å². The van der Waals surface area contributed by atoms with Crippen molar-refractivity contribution in [2.45, 2.75) is 27.2 Å². The van der Waals surface area contributed by atoms with Gasteiger partial charge in [0.1, 0.15) is 0 Å². The average molecular weight is 167 g/mol. The summed E-state index contributed by atoms with van der Waals surface area (Å²) >= 11 is 0. The highest BCUT2D eigenvalue weighted by atomic mass is 15.2. The molecule has 1 aliphatic heterocycles. The first-order valence-corrected chi connectivity index (χ1v) is 4.81. The summed E-state index contributed by atoms with van der Waals surface area (Å²) in [4.78, 5) is 2.43. The van der Waals surface area contributed by atoms with E-state index >= 15 is 0 Å². The molecular formula is C11H21N. The van der Waals surface area contributed by atoms with Crippen LogP contribution >= 0.6 is 0 Å². The first kappa shape index (κ1) is 11.4. The molecule has 0 aromatic rings. The van der Waals surface area contributed by atoms with Crippen LogP contribution in [0.2, 0.25) is 0 Å². The molecular weight excluding hydrogens is 146 g/mol. The molecule has 0 radical (unpaired) electrons. The molecule has 1 saturated heterocycles. The van der Waals surface area contributed by atoms with Gasteiger partial charge in [0.05, 0.1) is 0 Å². The second-order valence-electron chi connectivity index (χ2n) is 2.84. The first-order chi connectivity index (χ1) is 5.85. The molecule has 1 heteroatoms. The predicted molar refractivity (Wildman–Crippen MR) is 56.4 cm³/mol. The normalized spacial score (nSPS) is 17.6. The Morgan fingerprint density at radius 3 is 1.67 bits per heavy atom. The lowest BCUT2D eigenvalue weighted by Gasteiger charge is -2.28. The minimum Gasteiger partial charge on any atom is -0.304 e. The molecule has 0 aromatic carbocycles. The predicted octanol–water partition coefficient (Wildman–Crippen LogP) is 2.85. The Labute approximate surface area is 76.8 Å². The van der Waals surface area contributed by atoms with Crippen molar-refractivity contribution in [2.75, 3.05) is 19.6 Å². The number of likely N-dealkylation sites (tertiary alicyclic amines) is 1.